The molecule has 6 nitrogen and oxygen atoms in total. The molecule has 2 aromatic rings. The van der Waals surface area contributed by atoms with Gasteiger partial charge in [0.1, 0.15) is 6.61 Å². The molecule has 0 bridgehead atoms. The van der Waals surface area contributed by atoms with Crippen molar-refractivity contribution in [2.24, 2.45) is 5.10 Å². The zero-order chi connectivity index (χ0) is 18.7. The number of benzene rings is 2. The minimum absolute atomic E-state index is 0.102. The van der Waals surface area contributed by atoms with Crippen LogP contribution in [0.2, 0.25) is 0 Å². The Morgan fingerprint density at radius 3 is 2.35 bits per heavy atom. The molecule has 1 heterocycles. The van der Waals surface area contributed by atoms with Gasteiger partial charge < -0.3 is 4.90 Å². The molecule has 0 saturated heterocycles. The monoisotopic (exact) mass is 351 g/mol. The Kier molecular flexibility index (Phi) is 5.16. The average molecular weight is 351 g/mol. The number of carbonyl (C=O) groups is 1. The Morgan fingerprint density at radius 1 is 1.12 bits per heavy atom. The Hall–Kier alpha value is -2.96. The number of hydrogen-bond donors (Lipinski definition) is 1. The van der Waals surface area contributed by atoms with Crippen molar-refractivity contribution in [1.29, 1.82) is 0 Å². The van der Waals surface area contributed by atoms with E-state index in [4.69, 9.17) is 5.26 Å². The van der Waals surface area contributed by atoms with Gasteiger partial charge in [0.25, 0.3) is 5.91 Å². The zero-order valence-electron chi connectivity index (χ0n) is 15.0. The van der Waals surface area contributed by atoms with E-state index in [2.05, 4.69) is 9.99 Å². The summed E-state index contributed by atoms with van der Waals surface area (Å²) in [5.74, 6) is -0.162. The van der Waals surface area contributed by atoms with Gasteiger partial charge in [0.05, 0.1) is 17.0 Å². The van der Waals surface area contributed by atoms with Gasteiger partial charge in [-0.2, -0.15) is 10.1 Å². The normalized spacial score (nSPS) is 15.5. The fourth-order valence-electron chi connectivity index (χ4n) is 2.70. The number of anilines is 2. The van der Waals surface area contributed by atoms with E-state index in [1.54, 1.807) is 24.3 Å². The average Bonchev–Trinajstić information content (AvgIpc) is 2.91. The van der Waals surface area contributed by atoms with Crippen molar-refractivity contribution >= 4 is 29.1 Å². The molecular weight excluding hydrogens is 330 g/mol. The molecule has 0 saturated carbocycles. The van der Waals surface area contributed by atoms with Crippen LogP contribution in [0.15, 0.2) is 59.2 Å². The summed E-state index contributed by atoms with van der Waals surface area (Å²) in [4.78, 5) is 18.9. The molecule has 1 amide bonds. The predicted molar refractivity (Wildman–Crippen MR) is 103 cm³/mol. The fraction of sp³-hybridized carbons (Fsp3) is 0.200. The first-order valence-corrected chi connectivity index (χ1v) is 8.24. The topological polar surface area (TPSA) is 65.4 Å². The number of amides is 1. The summed E-state index contributed by atoms with van der Waals surface area (Å²) in [6.45, 7) is 1.93. The number of rotatable bonds is 5. The Bertz CT molecular complexity index is 853. The van der Waals surface area contributed by atoms with Crippen LogP contribution in [0.5, 0.6) is 0 Å². The largest absolute Gasteiger partial charge is 0.378 e. The van der Waals surface area contributed by atoms with Crippen molar-refractivity contribution < 1.29 is 14.9 Å². The fourth-order valence-corrected chi connectivity index (χ4v) is 2.70. The number of nitrogens with zero attached hydrogens (tertiary/aromatic N) is 3. The first-order valence-electron chi connectivity index (χ1n) is 8.24. The summed E-state index contributed by atoms with van der Waals surface area (Å²) in [7, 11) is 3.97. The highest BCUT2D eigenvalue weighted by atomic mass is 17.1. The lowest BCUT2D eigenvalue weighted by molar-refractivity contribution is -0.253. The highest BCUT2D eigenvalue weighted by Gasteiger charge is 2.28. The van der Waals surface area contributed by atoms with Gasteiger partial charge in [-0.3, -0.25) is 10.1 Å². The van der Waals surface area contributed by atoms with E-state index in [0.29, 0.717) is 17.0 Å². The van der Waals surface area contributed by atoms with Gasteiger partial charge in [-0.1, -0.05) is 24.3 Å². The highest BCUT2D eigenvalue weighted by molar-refractivity contribution is 6.32. The first-order chi connectivity index (χ1) is 12.5. The van der Waals surface area contributed by atoms with Crippen LogP contribution < -0.4 is 9.91 Å². The molecule has 1 N–H and O–H groups in total. The molecule has 134 valence electrons. The predicted octanol–water partition coefficient (Wildman–Crippen LogP) is 3.55. The Balaban J connectivity index is 1.83. The third-order valence-electron chi connectivity index (χ3n) is 4.20. The molecule has 1 aliphatic heterocycles. The summed E-state index contributed by atoms with van der Waals surface area (Å²) in [6.07, 6.45) is 1.86. The van der Waals surface area contributed by atoms with Gasteiger partial charge in [0.15, 0.2) is 0 Å². The van der Waals surface area contributed by atoms with Crippen molar-refractivity contribution in [2.75, 3.05) is 24.0 Å². The van der Waals surface area contributed by atoms with Gasteiger partial charge in [-0.15, -0.1) is 0 Å². The van der Waals surface area contributed by atoms with Crippen LogP contribution in [0.25, 0.3) is 6.08 Å². The highest BCUT2D eigenvalue weighted by Crippen LogP contribution is 2.26. The molecule has 0 radical (unpaired) electrons. The molecule has 2 aromatic carbocycles. The Labute approximate surface area is 152 Å². The summed E-state index contributed by atoms with van der Waals surface area (Å²) < 4.78 is 0. The van der Waals surface area contributed by atoms with Crippen molar-refractivity contribution in [3.8, 4) is 0 Å². The molecule has 6 heteroatoms. The molecule has 0 aliphatic carbocycles. The lowest BCUT2D eigenvalue weighted by Crippen LogP contribution is -2.21. The van der Waals surface area contributed by atoms with Crippen LogP contribution in [0, 0.1) is 0 Å². The molecular formula is C20H21N3O3. The molecule has 0 aromatic heterocycles. The van der Waals surface area contributed by atoms with Gasteiger partial charge in [0.2, 0.25) is 0 Å². The van der Waals surface area contributed by atoms with E-state index in [1.165, 1.54) is 5.01 Å². The second-order valence-electron chi connectivity index (χ2n) is 6.29. The number of hydrogen-bond acceptors (Lipinski definition) is 5. The number of carbonyl (C=O) groups excluding carboxylic acids is 1. The van der Waals surface area contributed by atoms with Crippen LogP contribution in [0.1, 0.15) is 18.1 Å². The van der Waals surface area contributed by atoms with Crippen LogP contribution >= 0.6 is 0 Å². The van der Waals surface area contributed by atoms with Crippen LogP contribution in [-0.4, -0.2) is 31.0 Å². The minimum Gasteiger partial charge on any atom is -0.378 e. The van der Waals surface area contributed by atoms with Gasteiger partial charge in [-0.25, -0.2) is 4.89 Å². The second-order valence-corrected chi connectivity index (χ2v) is 6.29. The molecule has 0 spiro atoms. The van der Waals surface area contributed by atoms with E-state index in [9.17, 15) is 4.79 Å². The first kappa shape index (κ1) is 17.8. The maximum Gasteiger partial charge on any atom is 0.280 e. The summed E-state index contributed by atoms with van der Waals surface area (Å²) in [5, 5.41) is 14.3. The van der Waals surface area contributed by atoms with Crippen molar-refractivity contribution in [3.63, 3.8) is 0 Å². The lowest BCUT2D eigenvalue weighted by Gasteiger charge is -2.13. The van der Waals surface area contributed by atoms with Crippen molar-refractivity contribution in [2.45, 2.75) is 13.5 Å². The lowest BCUT2D eigenvalue weighted by atomic mass is 10.1. The van der Waals surface area contributed by atoms with Crippen LogP contribution in [0.4, 0.5) is 11.4 Å². The smallest absolute Gasteiger partial charge is 0.280 e. The van der Waals surface area contributed by atoms with E-state index in [-0.39, 0.29) is 12.5 Å². The second kappa shape index (κ2) is 7.51. The molecule has 1 aliphatic rings. The van der Waals surface area contributed by atoms with Gasteiger partial charge >= 0.3 is 0 Å². The maximum atomic E-state index is 12.8. The standard InChI is InChI=1S/C20H21N3O3/c1-14-19(12-15-4-8-17(9-5-15)22(2)3)20(24)23(21-14)18-10-6-16(7-11-18)13-26-25/h4-12,25H,13H2,1-3H3/b19-12+. The third-order valence-corrected chi connectivity index (χ3v) is 4.20. The van der Waals surface area contributed by atoms with Crippen molar-refractivity contribution in [1.82, 2.24) is 0 Å². The summed E-state index contributed by atoms with van der Waals surface area (Å²) in [6, 6.07) is 15.1. The summed E-state index contributed by atoms with van der Waals surface area (Å²) in [5.41, 5.74) is 4.78. The van der Waals surface area contributed by atoms with Crippen molar-refractivity contribution in [3.05, 3.63) is 65.2 Å². The van der Waals surface area contributed by atoms with Gasteiger partial charge in [0, 0.05) is 19.8 Å². The third kappa shape index (κ3) is 3.66. The molecule has 0 unspecified atom stereocenters. The maximum absolute atomic E-state index is 12.8. The SMILES string of the molecule is CC1=NN(c2ccc(COO)cc2)C(=O)/C1=C/c1ccc(N(C)C)cc1. The van der Waals surface area contributed by atoms with E-state index >= 15 is 0 Å². The quantitative estimate of drug-likeness (QED) is 0.508. The minimum atomic E-state index is -0.162. The van der Waals surface area contributed by atoms with E-state index in [1.807, 2.05) is 56.3 Å². The molecule has 0 fully saturated rings. The zero-order valence-corrected chi connectivity index (χ0v) is 15.0. The molecule has 26 heavy (non-hydrogen) atoms. The van der Waals surface area contributed by atoms with Crippen LogP contribution in [0.3, 0.4) is 0 Å². The molecule has 3 rings (SSSR count). The van der Waals surface area contributed by atoms with E-state index < -0.39 is 0 Å². The molecule has 0 atom stereocenters. The number of hydrazone groups is 1. The Morgan fingerprint density at radius 2 is 1.77 bits per heavy atom. The van der Waals surface area contributed by atoms with Crippen LogP contribution in [-0.2, 0) is 16.3 Å². The summed E-state index contributed by atoms with van der Waals surface area (Å²) >= 11 is 0. The van der Waals surface area contributed by atoms with Gasteiger partial charge in [-0.05, 0) is 48.4 Å². The van der Waals surface area contributed by atoms with E-state index in [0.717, 1.165) is 16.8 Å².